The van der Waals surface area contributed by atoms with Crippen LogP contribution in [0.3, 0.4) is 0 Å². The summed E-state index contributed by atoms with van der Waals surface area (Å²) in [6, 6.07) is 21.8. The second-order valence-corrected chi connectivity index (χ2v) is 10.5. The molecule has 0 heterocycles. The minimum atomic E-state index is -4.75. The summed E-state index contributed by atoms with van der Waals surface area (Å²) >= 11 is 0. The van der Waals surface area contributed by atoms with E-state index in [1.54, 1.807) is 30.3 Å². The van der Waals surface area contributed by atoms with Crippen molar-refractivity contribution >= 4 is 25.8 Å². The molecular formula is C24H18K2O6S2. The van der Waals surface area contributed by atoms with Crippen molar-refractivity contribution in [3.63, 3.8) is 0 Å². The molecule has 3 aromatic rings. The van der Waals surface area contributed by atoms with Gasteiger partial charge in [-0.1, -0.05) is 85.0 Å². The molecule has 0 saturated carbocycles. The zero-order valence-electron chi connectivity index (χ0n) is 18.7. The van der Waals surface area contributed by atoms with Crippen LogP contribution in [0, 0.1) is 0 Å². The Morgan fingerprint density at radius 2 is 1.21 bits per heavy atom. The summed E-state index contributed by atoms with van der Waals surface area (Å²) in [5, 5.41) is 0. The molecule has 1 aliphatic carbocycles. The molecule has 1 aliphatic rings. The molecule has 0 spiro atoms. The number of rotatable bonds is 5. The zero-order chi connectivity index (χ0) is 23.0. The summed E-state index contributed by atoms with van der Waals surface area (Å²) in [6.07, 6.45) is 4.46. The van der Waals surface area contributed by atoms with Gasteiger partial charge in [-0.2, -0.15) is 0 Å². The van der Waals surface area contributed by atoms with Gasteiger partial charge >= 0.3 is 103 Å². The van der Waals surface area contributed by atoms with Gasteiger partial charge in [0.1, 0.15) is 25.0 Å². The van der Waals surface area contributed by atoms with Gasteiger partial charge in [-0.05, 0) is 46.4 Å². The van der Waals surface area contributed by atoms with E-state index in [9.17, 15) is 25.9 Å². The summed E-state index contributed by atoms with van der Waals surface area (Å²) in [5.41, 5.74) is 3.47. The molecule has 0 aromatic heterocycles. The third kappa shape index (κ3) is 6.56. The standard InChI is InChI=1S/C24H20O6S2.2K/c25-31(26,27)23-12-8-20(9-13-23)21-14-16-24(17-15-21,32(28,29)30)22-10-6-19(7-11-22)18-4-2-1-3-5-18;;/h1-16H,17H2,(H,25,26,27)(H,28,29,30);;/q;2*+1/p-2. The second kappa shape index (κ2) is 12.2. The Bertz CT molecular complexity index is 1420. The Hall–Kier alpha value is 0.233. The number of benzene rings is 3. The van der Waals surface area contributed by atoms with Crippen LogP contribution in [-0.2, 0) is 25.0 Å². The fraction of sp³-hybridized carbons (Fsp3) is 0.0833. The van der Waals surface area contributed by atoms with E-state index >= 15 is 0 Å². The van der Waals surface area contributed by atoms with Crippen molar-refractivity contribution in [2.75, 3.05) is 0 Å². The largest absolute Gasteiger partial charge is 1.00 e. The maximum Gasteiger partial charge on any atom is 1.00 e. The molecule has 0 radical (unpaired) electrons. The number of hydrogen-bond acceptors (Lipinski definition) is 6. The van der Waals surface area contributed by atoms with Crippen LogP contribution in [0.25, 0.3) is 16.7 Å². The van der Waals surface area contributed by atoms with Crippen LogP contribution in [0.1, 0.15) is 17.5 Å². The molecule has 164 valence electrons. The van der Waals surface area contributed by atoms with Crippen LogP contribution in [-0.4, -0.2) is 25.9 Å². The Morgan fingerprint density at radius 1 is 0.676 bits per heavy atom. The van der Waals surface area contributed by atoms with Crippen LogP contribution in [0.2, 0.25) is 0 Å². The van der Waals surface area contributed by atoms with Gasteiger partial charge in [0.25, 0.3) is 0 Å². The summed E-state index contributed by atoms with van der Waals surface area (Å²) in [4.78, 5) is -0.350. The van der Waals surface area contributed by atoms with Crippen LogP contribution >= 0.6 is 0 Å². The van der Waals surface area contributed by atoms with Crippen molar-refractivity contribution in [2.24, 2.45) is 0 Å². The van der Waals surface area contributed by atoms with Crippen molar-refractivity contribution in [2.45, 2.75) is 16.1 Å². The predicted molar refractivity (Wildman–Crippen MR) is 119 cm³/mol. The van der Waals surface area contributed by atoms with Gasteiger partial charge in [-0.3, -0.25) is 0 Å². The molecule has 4 rings (SSSR count). The molecule has 0 aliphatic heterocycles. The molecule has 0 fully saturated rings. The van der Waals surface area contributed by atoms with Gasteiger partial charge in [0.2, 0.25) is 0 Å². The first-order chi connectivity index (χ1) is 15.1. The average molecular weight is 545 g/mol. The van der Waals surface area contributed by atoms with Crippen LogP contribution in [0.4, 0.5) is 0 Å². The molecule has 10 heteroatoms. The van der Waals surface area contributed by atoms with E-state index in [0.29, 0.717) is 16.7 Å². The van der Waals surface area contributed by atoms with Crippen LogP contribution in [0.5, 0.6) is 0 Å². The predicted octanol–water partition coefficient (Wildman–Crippen LogP) is -1.95. The quantitative estimate of drug-likeness (QED) is 0.273. The third-order valence-corrected chi connectivity index (χ3v) is 7.84. The van der Waals surface area contributed by atoms with Crippen LogP contribution < -0.4 is 103 Å². The molecule has 0 bridgehead atoms. The summed E-state index contributed by atoms with van der Waals surface area (Å²) < 4.78 is 68.5. The Balaban J connectivity index is 0.00000204. The van der Waals surface area contributed by atoms with E-state index in [2.05, 4.69) is 0 Å². The summed E-state index contributed by atoms with van der Waals surface area (Å²) in [5.74, 6) is 0. The monoisotopic (exact) mass is 544 g/mol. The summed E-state index contributed by atoms with van der Waals surface area (Å²) in [6.45, 7) is 0. The Morgan fingerprint density at radius 3 is 1.68 bits per heavy atom. The van der Waals surface area contributed by atoms with Crippen molar-refractivity contribution < 1.29 is 129 Å². The van der Waals surface area contributed by atoms with Crippen molar-refractivity contribution in [1.82, 2.24) is 0 Å². The zero-order valence-corrected chi connectivity index (χ0v) is 26.6. The number of hydrogen-bond donors (Lipinski definition) is 0. The maximum absolute atomic E-state index is 12.3. The van der Waals surface area contributed by atoms with Gasteiger partial charge < -0.3 is 9.11 Å². The first kappa shape index (κ1) is 30.5. The molecule has 0 amide bonds. The minimum Gasteiger partial charge on any atom is -0.747 e. The normalized spacial score (nSPS) is 17.8. The molecule has 1 unspecified atom stereocenters. The smallest absolute Gasteiger partial charge is 0.747 e. The van der Waals surface area contributed by atoms with Gasteiger partial charge in [0.15, 0.2) is 0 Å². The van der Waals surface area contributed by atoms with Crippen LogP contribution in [0.15, 0.2) is 102 Å². The molecule has 6 nitrogen and oxygen atoms in total. The molecule has 1 atom stereocenters. The van der Waals surface area contributed by atoms with Crippen molar-refractivity contribution in [3.8, 4) is 11.1 Å². The molecule has 0 N–H and O–H groups in total. The molecular weight excluding hydrogens is 527 g/mol. The molecule has 34 heavy (non-hydrogen) atoms. The topological polar surface area (TPSA) is 114 Å². The Kier molecular flexibility index (Phi) is 10.9. The molecule has 0 saturated heterocycles. The van der Waals surface area contributed by atoms with E-state index in [4.69, 9.17) is 0 Å². The van der Waals surface area contributed by atoms with E-state index in [1.165, 1.54) is 36.4 Å². The SMILES string of the molecule is O=S(=O)([O-])c1ccc(C2=CCC(c3ccc(-c4ccccc4)cc3)(S(=O)(=O)[O-])C=C2)cc1.[K+].[K+]. The van der Waals surface area contributed by atoms with E-state index in [-0.39, 0.29) is 114 Å². The fourth-order valence-electron chi connectivity index (χ4n) is 3.77. The first-order valence-electron chi connectivity index (χ1n) is 9.67. The van der Waals surface area contributed by atoms with Gasteiger partial charge in [0.05, 0.1) is 4.90 Å². The van der Waals surface area contributed by atoms with E-state index in [0.717, 1.165) is 11.1 Å². The van der Waals surface area contributed by atoms with E-state index in [1.807, 2.05) is 30.3 Å². The maximum atomic E-state index is 12.3. The number of allylic oxidation sites excluding steroid dienone is 3. The van der Waals surface area contributed by atoms with Gasteiger partial charge in [-0.15, -0.1) is 0 Å². The van der Waals surface area contributed by atoms with Gasteiger partial charge in [0, 0.05) is 0 Å². The van der Waals surface area contributed by atoms with Crippen molar-refractivity contribution in [3.05, 3.63) is 108 Å². The minimum absolute atomic E-state index is 0. The van der Waals surface area contributed by atoms with Crippen molar-refractivity contribution in [1.29, 1.82) is 0 Å². The Labute approximate surface area is 284 Å². The average Bonchev–Trinajstić information content (AvgIpc) is 2.79. The first-order valence-corrected chi connectivity index (χ1v) is 12.5. The van der Waals surface area contributed by atoms with Gasteiger partial charge in [-0.25, -0.2) is 16.8 Å². The second-order valence-electron chi connectivity index (χ2n) is 7.46. The van der Waals surface area contributed by atoms with E-state index < -0.39 is 25.0 Å². The molecule has 3 aromatic carbocycles. The fourth-order valence-corrected chi connectivity index (χ4v) is 5.19. The summed E-state index contributed by atoms with van der Waals surface area (Å²) in [7, 11) is -9.31. The third-order valence-electron chi connectivity index (χ3n) is 5.56.